The number of hydrogen-bond acceptors (Lipinski definition) is 4. The highest BCUT2D eigenvalue weighted by molar-refractivity contribution is 6.74. The molecule has 2 aliphatic carbocycles. The zero-order chi connectivity index (χ0) is 23.2. The van der Waals surface area contributed by atoms with E-state index in [0.717, 1.165) is 18.4 Å². The Labute approximate surface area is 190 Å². The van der Waals surface area contributed by atoms with Crippen molar-refractivity contribution in [2.75, 3.05) is 6.61 Å². The smallest absolute Gasteiger partial charge is 0.192 e. The molecule has 6 atom stereocenters. The van der Waals surface area contributed by atoms with E-state index in [1.54, 1.807) is 0 Å². The van der Waals surface area contributed by atoms with Crippen molar-refractivity contribution in [1.82, 2.24) is 0 Å². The van der Waals surface area contributed by atoms with Crippen LogP contribution in [0.5, 0.6) is 0 Å². The Morgan fingerprint density at radius 3 is 2.52 bits per heavy atom. The molecule has 176 valence electrons. The molecule has 0 amide bonds. The third kappa shape index (κ3) is 5.44. The minimum absolute atomic E-state index is 0.0319. The maximum atomic E-state index is 11.2. The van der Waals surface area contributed by atoms with Crippen LogP contribution in [0.2, 0.25) is 18.1 Å². The van der Waals surface area contributed by atoms with Crippen molar-refractivity contribution in [3.8, 4) is 0 Å². The number of rotatable bonds is 3. The minimum atomic E-state index is -1.92. The Hall–Kier alpha value is -0.723. The Balaban J connectivity index is 1.95. The first-order valence-electron chi connectivity index (χ1n) is 11.9. The lowest BCUT2D eigenvalue weighted by Gasteiger charge is -2.38. The summed E-state index contributed by atoms with van der Waals surface area (Å²) in [6.07, 6.45) is 12.1. The summed E-state index contributed by atoms with van der Waals surface area (Å²) >= 11 is 0. The zero-order valence-electron chi connectivity index (χ0n) is 21.1. The largest absolute Gasteiger partial charge is 0.413 e. The van der Waals surface area contributed by atoms with E-state index in [0.29, 0.717) is 24.4 Å². The molecule has 0 bridgehead atoms. The summed E-state index contributed by atoms with van der Waals surface area (Å²) < 4.78 is 19.2. The Kier molecular flexibility index (Phi) is 6.88. The fourth-order valence-electron chi connectivity index (χ4n) is 4.87. The van der Waals surface area contributed by atoms with E-state index in [1.165, 1.54) is 0 Å². The monoisotopic (exact) mass is 448 g/mol. The molecule has 0 unspecified atom stereocenters. The molecule has 1 saturated heterocycles. The Morgan fingerprint density at radius 2 is 1.87 bits per heavy atom. The summed E-state index contributed by atoms with van der Waals surface area (Å²) in [5.74, 6) is 0.582. The van der Waals surface area contributed by atoms with Gasteiger partial charge in [-0.05, 0) is 75.1 Å². The second kappa shape index (κ2) is 8.57. The molecule has 0 saturated carbocycles. The maximum absolute atomic E-state index is 11.2. The quantitative estimate of drug-likeness (QED) is 0.425. The van der Waals surface area contributed by atoms with Gasteiger partial charge in [0.15, 0.2) is 14.1 Å². The van der Waals surface area contributed by atoms with Gasteiger partial charge < -0.3 is 19.0 Å². The first-order chi connectivity index (χ1) is 14.1. The molecule has 5 heteroatoms. The summed E-state index contributed by atoms with van der Waals surface area (Å²) in [4.78, 5) is 0. The molecule has 0 aromatic heterocycles. The van der Waals surface area contributed by atoms with Crippen LogP contribution in [0.1, 0.15) is 61.3 Å². The molecule has 3 rings (SSSR count). The third-order valence-electron chi connectivity index (χ3n) is 7.88. The van der Waals surface area contributed by atoms with Crippen molar-refractivity contribution in [3.05, 3.63) is 36.0 Å². The Morgan fingerprint density at radius 1 is 1.19 bits per heavy atom. The highest BCUT2D eigenvalue weighted by atomic mass is 28.4. The number of hydrogen-bond donors (Lipinski definition) is 1. The van der Waals surface area contributed by atoms with E-state index in [4.69, 9.17) is 13.9 Å². The molecule has 1 heterocycles. The highest BCUT2D eigenvalue weighted by Gasteiger charge is 2.50. The van der Waals surface area contributed by atoms with Crippen LogP contribution in [-0.4, -0.2) is 43.6 Å². The normalized spacial score (nSPS) is 41.1. The van der Waals surface area contributed by atoms with Gasteiger partial charge in [0.25, 0.3) is 0 Å². The fourth-order valence-corrected chi connectivity index (χ4v) is 5.83. The predicted octanol–water partition coefficient (Wildman–Crippen LogP) is 5.99. The van der Waals surface area contributed by atoms with Crippen molar-refractivity contribution in [2.45, 2.75) is 103 Å². The van der Waals surface area contributed by atoms with Gasteiger partial charge in [-0.1, -0.05) is 58.1 Å². The molecule has 1 N–H and O–H groups in total. The second-order valence-electron chi connectivity index (χ2n) is 12.0. The SMILES string of the molecule is C[C@@H]1C=CC[C@@H]2C[C@H]3OC(C)(C)O[C@]3(C)/C=C\[C@H](O)/C(CO[Si](C)(C)C(C)(C)C)=C\[C@@H]21. The number of aliphatic hydroxyl groups excluding tert-OH is 1. The molecule has 0 spiro atoms. The summed E-state index contributed by atoms with van der Waals surface area (Å²) in [5.41, 5.74) is 0.417. The van der Waals surface area contributed by atoms with Crippen molar-refractivity contribution in [1.29, 1.82) is 0 Å². The molecule has 0 aromatic carbocycles. The molecule has 31 heavy (non-hydrogen) atoms. The highest BCUT2D eigenvalue weighted by Crippen LogP contribution is 2.45. The van der Waals surface area contributed by atoms with E-state index in [-0.39, 0.29) is 11.1 Å². The van der Waals surface area contributed by atoms with E-state index >= 15 is 0 Å². The van der Waals surface area contributed by atoms with Gasteiger partial charge in [-0.3, -0.25) is 0 Å². The lowest BCUT2D eigenvalue weighted by atomic mass is 9.71. The summed E-state index contributed by atoms with van der Waals surface area (Å²) in [7, 11) is -1.92. The molecular formula is C26H44O4Si. The lowest BCUT2D eigenvalue weighted by Crippen LogP contribution is -2.42. The molecular weight excluding hydrogens is 404 g/mol. The second-order valence-corrected chi connectivity index (χ2v) is 16.8. The average Bonchev–Trinajstić information content (AvgIpc) is 2.85. The summed E-state index contributed by atoms with van der Waals surface area (Å²) in [6, 6.07) is 0. The Bertz CT molecular complexity index is 745. The first kappa shape index (κ1) is 24.9. The number of ether oxygens (including phenoxy) is 2. The predicted molar refractivity (Wildman–Crippen MR) is 129 cm³/mol. The van der Waals surface area contributed by atoms with Crippen LogP contribution in [0.3, 0.4) is 0 Å². The van der Waals surface area contributed by atoms with E-state index < -0.39 is 25.8 Å². The average molecular weight is 449 g/mol. The number of allylic oxidation sites excluding steroid dienone is 3. The molecule has 1 fully saturated rings. The van der Waals surface area contributed by atoms with Gasteiger partial charge in [-0.15, -0.1) is 0 Å². The molecule has 0 aromatic rings. The van der Waals surface area contributed by atoms with Gasteiger partial charge in [0.05, 0.1) is 18.8 Å². The van der Waals surface area contributed by atoms with Gasteiger partial charge in [0.1, 0.15) is 5.60 Å². The van der Waals surface area contributed by atoms with Gasteiger partial charge in [0.2, 0.25) is 0 Å². The van der Waals surface area contributed by atoms with Gasteiger partial charge in [-0.2, -0.15) is 0 Å². The van der Waals surface area contributed by atoms with Gasteiger partial charge in [0, 0.05) is 0 Å². The minimum Gasteiger partial charge on any atom is -0.413 e. The van der Waals surface area contributed by atoms with Crippen LogP contribution in [-0.2, 0) is 13.9 Å². The maximum Gasteiger partial charge on any atom is 0.192 e. The van der Waals surface area contributed by atoms with Crippen LogP contribution in [0.15, 0.2) is 36.0 Å². The summed E-state index contributed by atoms with van der Waals surface area (Å²) in [6.45, 7) is 20.1. The molecule has 4 nitrogen and oxygen atoms in total. The standard InChI is InChI=1S/C26H44O4Si/c1-18-11-10-12-19-16-23-26(7,30-25(5,6)29-23)14-13-22(27)20(15-21(18)19)17-28-31(8,9)24(2,3)4/h10-11,13-15,18-19,21-23,27H,12,16-17H2,1-9H3/b14-13-,20-15-/t18-,19-,21-,22+,23-,26-/m1/s1. The molecule has 0 radical (unpaired) electrons. The number of fused-ring (bicyclic) bond motifs is 2. The van der Waals surface area contributed by atoms with Crippen LogP contribution in [0, 0.1) is 17.8 Å². The lowest BCUT2D eigenvalue weighted by molar-refractivity contribution is -0.154. The van der Waals surface area contributed by atoms with Gasteiger partial charge >= 0.3 is 0 Å². The van der Waals surface area contributed by atoms with Crippen LogP contribution < -0.4 is 0 Å². The van der Waals surface area contributed by atoms with E-state index in [1.807, 2.05) is 26.0 Å². The van der Waals surface area contributed by atoms with Crippen molar-refractivity contribution >= 4 is 8.32 Å². The topological polar surface area (TPSA) is 47.9 Å². The van der Waals surface area contributed by atoms with E-state index in [9.17, 15) is 5.11 Å². The molecule has 3 aliphatic rings. The van der Waals surface area contributed by atoms with Crippen LogP contribution >= 0.6 is 0 Å². The summed E-state index contributed by atoms with van der Waals surface area (Å²) in [5, 5.41) is 11.3. The zero-order valence-corrected chi connectivity index (χ0v) is 22.1. The van der Waals surface area contributed by atoms with Crippen molar-refractivity contribution in [3.63, 3.8) is 0 Å². The van der Waals surface area contributed by atoms with Crippen molar-refractivity contribution < 1.29 is 19.0 Å². The fraction of sp³-hybridized carbons (Fsp3) is 0.769. The third-order valence-corrected chi connectivity index (χ3v) is 12.4. The number of aliphatic hydroxyl groups is 1. The van der Waals surface area contributed by atoms with Crippen LogP contribution in [0.4, 0.5) is 0 Å². The van der Waals surface area contributed by atoms with Gasteiger partial charge in [-0.25, -0.2) is 0 Å². The first-order valence-corrected chi connectivity index (χ1v) is 14.8. The molecule has 1 aliphatic heterocycles. The van der Waals surface area contributed by atoms with E-state index in [2.05, 4.69) is 65.9 Å². The van der Waals surface area contributed by atoms with Crippen LogP contribution in [0.25, 0.3) is 0 Å². The van der Waals surface area contributed by atoms with Crippen molar-refractivity contribution in [2.24, 2.45) is 17.8 Å².